The van der Waals surface area contributed by atoms with Gasteiger partial charge in [-0.05, 0) is 6.42 Å². The normalized spacial score (nSPS) is 11.6. The summed E-state index contributed by atoms with van der Waals surface area (Å²) in [6.07, 6.45) is 5.60. The van der Waals surface area contributed by atoms with Crippen LogP contribution in [-0.4, -0.2) is 52.9 Å². The number of carboxylic acid groups (broad SMARTS) is 1. The SMILES string of the molecule is C=CCCOCCNC(=O)NC(Cc1cnc[nH]1)C(=O)O. The predicted molar refractivity (Wildman–Crippen MR) is 75.9 cm³/mol. The van der Waals surface area contributed by atoms with Gasteiger partial charge in [0.1, 0.15) is 6.04 Å². The second-order valence-corrected chi connectivity index (χ2v) is 4.26. The lowest BCUT2D eigenvalue weighted by molar-refractivity contribution is -0.139. The van der Waals surface area contributed by atoms with E-state index in [1.54, 1.807) is 6.08 Å². The van der Waals surface area contributed by atoms with Gasteiger partial charge in [0.15, 0.2) is 0 Å². The quantitative estimate of drug-likeness (QED) is 0.366. The zero-order valence-electron chi connectivity index (χ0n) is 11.7. The number of aliphatic carboxylic acids is 1. The average Bonchev–Trinajstić information content (AvgIpc) is 2.95. The number of carbonyl (C=O) groups is 2. The van der Waals surface area contributed by atoms with Crippen LogP contribution in [0.4, 0.5) is 4.79 Å². The molecule has 0 aliphatic carbocycles. The summed E-state index contributed by atoms with van der Waals surface area (Å²) in [5.74, 6) is -1.11. The van der Waals surface area contributed by atoms with E-state index in [9.17, 15) is 9.59 Å². The predicted octanol–water partition coefficient (Wildman–Crippen LogP) is 0.297. The first-order chi connectivity index (χ1) is 10.1. The number of aromatic amines is 1. The van der Waals surface area contributed by atoms with Crippen molar-refractivity contribution >= 4 is 12.0 Å². The number of rotatable bonds is 10. The third-order valence-corrected chi connectivity index (χ3v) is 2.58. The van der Waals surface area contributed by atoms with E-state index < -0.39 is 18.0 Å². The van der Waals surface area contributed by atoms with E-state index >= 15 is 0 Å². The maximum Gasteiger partial charge on any atom is 0.326 e. The third-order valence-electron chi connectivity index (χ3n) is 2.58. The topological polar surface area (TPSA) is 116 Å². The highest BCUT2D eigenvalue weighted by molar-refractivity contribution is 5.82. The molecule has 1 aromatic rings. The second kappa shape index (κ2) is 9.54. The molecule has 0 spiro atoms. The molecule has 1 unspecified atom stereocenters. The number of urea groups is 1. The van der Waals surface area contributed by atoms with Crippen molar-refractivity contribution in [3.05, 3.63) is 30.9 Å². The van der Waals surface area contributed by atoms with Crippen LogP contribution in [0.25, 0.3) is 0 Å². The lowest BCUT2D eigenvalue weighted by Crippen LogP contribution is -2.47. The number of hydrogen-bond acceptors (Lipinski definition) is 4. The fraction of sp³-hybridized carbons (Fsp3) is 0.462. The second-order valence-electron chi connectivity index (χ2n) is 4.26. The highest BCUT2D eigenvalue weighted by Gasteiger charge is 2.20. The number of amides is 2. The first-order valence-electron chi connectivity index (χ1n) is 6.56. The molecule has 8 nitrogen and oxygen atoms in total. The Kier molecular flexibility index (Phi) is 7.59. The lowest BCUT2D eigenvalue weighted by atomic mass is 10.2. The molecule has 0 fully saturated rings. The van der Waals surface area contributed by atoms with Crippen LogP contribution in [-0.2, 0) is 16.0 Å². The van der Waals surface area contributed by atoms with E-state index in [2.05, 4.69) is 27.2 Å². The van der Waals surface area contributed by atoms with Gasteiger partial charge < -0.3 is 25.5 Å². The van der Waals surface area contributed by atoms with Gasteiger partial charge in [0.05, 0.1) is 19.5 Å². The molecule has 0 radical (unpaired) electrons. The average molecular weight is 296 g/mol. The van der Waals surface area contributed by atoms with E-state index in [1.807, 2.05) is 0 Å². The van der Waals surface area contributed by atoms with Crippen LogP contribution in [0.1, 0.15) is 12.1 Å². The number of nitrogens with one attached hydrogen (secondary N) is 3. The van der Waals surface area contributed by atoms with Gasteiger partial charge in [0.2, 0.25) is 0 Å². The fourth-order valence-electron chi connectivity index (χ4n) is 1.53. The van der Waals surface area contributed by atoms with E-state index in [4.69, 9.17) is 9.84 Å². The van der Waals surface area contributed by atoms with Gasteiger partial charge in [0.25, 0.3) is 0 Å². The Morgan fingerprint density at radius 1 is 1.52 bits per heavy atom. The highest BCUT2D eigenvalue weighted by atomic mass is 16.5. The monoisotopic (exact) mass is 296 g/mol. The highest BCUT2D eigenvalue weighted by Crippen LogP contribution is 1.98. The molecular weight excluding hydrogens is 276 g/mol. The number of nitrogens with zero attached hydrogens (tertiary/aromatic N) is 1. The maximum atomic E-state index is 11.6. The number of H-pyrrole nitrogens is 1. The summed E-state index contributed by atoms with van der Waals surface area (Å²) >= 11 is 0. The zero-order chi connectivity index (χ0) is 15.5. The Labute approximate surface area is 122 Å². The molecule has 1 atom stereocenters. The molecule has 8 heteroatoms. The first kappa shape index (κ1) is 16.7. The van der Waals surface area contributed by atoms with Crippen molar-refractivity contribution in [1.29, 1.82) is 0 Å². The Hall–Kier alpha value is -2.35. The van der Waals surface area contributed by atoms with E-state index in [0.29, 0.717) is 25.5 Å². The van der Waals surface area contributed by atoms with Crippen LogP contribution in [0.3, 0.4) is 0 Å². The van der Waals surface area contributed by atoms with Crippen LogP contribution in [0.5, 0.6) is 0 Å². The van der Waals surface area contributed by atoms with Gasteiger partial charge in [-0.3, -0.25) is 0 Å². The number of carboxylic acids is 1. The summed E-state index contributed by atoms with van der Waals surface area (Å²) < 4.78 is 5.22. The molecule has 116 valence electrons. The number of aromatic nitrogens is 2. The standard InChI is InChI=1S/C13H20N4O4/c1-2-3-5-21-6-4-15-13(20)17-11(12(18)19)7-10-8-14-9-16-10/h2,8-9,11H,1,3-7H2,(H,14,16)(H,18,19)(H2,15,17,20). The van der Waals surface area contributed by atoms with Gasteiger partial charge in [0, 0.05) is 24.9 Å². The van der Waals surface area contributed by atoms with Gasteiger partial charge in [-0.25, -0.2) is 14.6 Å². The van der Waals surface area contributed by atoms with E-state index in [0.717, 1.165) is 6.42 Å². The molecule has 1 rings (SSSR count). The molecular formula is C13H20N4O4. The van der Waals surface area contributed by atoms with Gasteiger partial charge in [-0.1, -0.05) is 6.08 Å². The zero-order valence-corrected chi connectivity index (χ0v) is 11.7. The minimum absolute atomic E-state index is 0.137. The molecule has 1 aromatic heterocycles. The smallest absolute Gasteiger partial charge is 0.326 e. The van der Waals surface area contributed by atoms with E-state index in [-0.39, 0.29) is 6.42 Å². The van der Waals surface area contributed by atoms with Gasteiger partial charge in [-0.2, -0.15) is 0 Å². The molecule has 0 bridgehead atoms. The minimum atomic E-state index is -1.11. The van der Waals surface area contributed by atoms with Crippen molar-refractivity contribution < 1.29 is 19.4 Å². The lowest BCUT2D eigenvalue weighted by Gasteiger charge is -2.14. The summed E-state index contributed by atoms with van der Waals surface area (Å²) in [5.41, 5.74) is 0.635. The maximum absolute atomic E-state index is 11.6. The van der Waals surface area contributed by atoms with Crippen molar-refractivity contribution in [1.82, 2.24) is 20.6 Å². The summed E-state index contributed by atoms with van der Waals surface area (Å²) in [4.78, 5) is 29.3. The summed E-state index contributed by atoms with van der Waals surface area (Å²) in [7, 11) is 0. The van der Waals surface area contributed by atoms with Crippen molar-refractivity contribution in [3.63, 3.8) is 0 Å². The largest absolute Gasteiger partial charge is 0.480 e. The molecule has 0 saturated heterocycles. The summed E-state index contributed by atoms with van der Waals surface area (Å²) in [6, 6.07) is -1.57. The van der Waals surface area contributed by atoms with Crippen molar-refractivity contribution in [2.24, 2.45) is 0 Å². The minimum Gasteiger partial charge on any atom is -0.480 e. The van der Waals surface area contributed by atoms with Crippen LogP contribution in [0, 0.1) is 0 Å². The molecule has 4 N–H and O–H groups in total. The number of ether oxygens (including phenoxy) is 1. The van der Waals surface area contributed by atoms with E-state index in [1.165, 1.54) is 12.5 Å². The van der Waals surface area contributed by atoms with Gasteiger partial charge >= 0.3 is 12.0 Å². The molecule has 2 amide bonds. The molecule has 0 aliphatic rings. The summed E-state index contributed by atoms with van der Waals surface area (Å²) in [6.45, 7) is 4.78. The van der Waals surface area contributed by atoms with Crippen molar-refractivity contribution in [2.75, 3.05) is 19.8 Å². The Balaban J connectivity index is 2.26. The van der Waals surface area contributed by atoms with Crippen LogP contribution in [0.15, 0.2) is 25.2 Å². The molecule has 0 aliphatic heterocycles. The fourth-order valence-corrected chi connectivity index (χ4v) is 1.53. The molecule has 0 aromatic carbocycles. The molecule has 21 heavy (non-hydrogen) atoms. The third kappa shape index (κ3) is 7.11. The molecule has 0 saturated carbocycles. The van der Waals surface area contributed by atoms with Crippen LogP contribution >= 0.6 is 0 Å². The Bertz CT molecular complexity index is 447. The number of hydrogen-bond donors (Lipinski definition) is 4. The van der Waals surface area contributed by atoms with Crippen molar-refractivity contribution in [3.8, 4) is 0 Å². The van der Waals surface area contributed by atoms with Crippen molar-refractivity contribution in [2.45, 2.75) is 18.9 Å². The van der Waals surface area contributed by atoms with Crippen LogP contribution in [0.2, 0.25) is 0 Å². The summed E-state index contributed by atoms with van der Waals surface area (Å²) in [5, 5.41) is 14.0. The first-order valence-corrected chi connectivity index (χ1v) is 6.56. The Morgan fingerprint density at radius 2 is 2.33 bits per heavy atom. The Morgan fingerprint density at radius 3 is 2.95 bits per heavy atom. The number of carbonyl (C=O) groups excluding carboxylic acids is 1. The molecule has 1 heterocycles. The van der Waals surface area contributed by atoms with Crippen LogP contribution < -0.4 is 10.6 Å². The number of imidazole rings is 1. The van der Waals surface area contributed by atoms with Gasteiger partial charge in [-0.15, -0.1) is 6.58 Å².